The van der Waals surface area contributed by atoms with Crippen LogP contribution in [0.25, 0.3) is 22.4 Å². The summed E-state index contributed by atoms with van der Waals surface area (Å²) in [4.78, 5) is 14.0. The van der Waals surface area contributed by atoms with Crippen LogP contribution in [-0.4, -0.2) is 40.3 Å². The van der Waals surface area contributed by atoms with E-state index in [1.165, 1.54) is 0 Å². The van der Waals surface area contributed by atoms with Crippen molar-refractivity contribution in [2.75, 3.05) is 25.1 Å². The molecule has 0 spiro atoms. The number of aliphatic hydroxyl groups is 1. The highest BCUT2D eigenvalue weighted by Gasteiger charge is 2.12. The van der Waals surface area contributed by atoms with Crippen molar-refractivity contribution in [2.24, 2.45) is 0 Å². The molecule has 21 heavy (non-hydrogen) atoms. The molecule has 2 aromatic heterocycles. The number of aromatic amines is 1. The fraction of sp³-hybridized carbons (Fsp3) is 0.200. The van der Waals surface area contributed by atoms with Crippen LogP contribution in [-0.2, 0) is 0 Å². The molecule has 6 heteroatoms. The van der Waals surface area contributed by atoms with Crippen LogP contribution in [0.4, 0.5) is 5.82 Å². The van der Waals surface area contributed by atoms with E-state index in [0.29, 0.717) is 17.4 Å². The molecule has 0 atom stereocenters. The molecule has 0 aliphatic heterocycles. The molecule has 108 valence electrons. The van der Waals surface area contributed by atoms with Gasteiger partial charge in [-0.2, -0.15) is 0 Å². The largest absolute Gasteiger partial charge is 0.395 e. The third-order valence-corrected chi connectivity index (χ3v) is 3.61. The highest BCUT2D eigenvalue weighted by atomic mass is 35.5. The van der Waals surface area contributed by atoms with Crippen LogP contribution >= 0.6 is 11.6 Å². The predicted molar refractivity (Wildman–Crippen MR) is 84.7 cm³/mol. The number of halogens is 1. The molecule has 0 radical (unpaired) electrons. The van der Waals surface area contributed by atoms with Crippen LogP contribution in [0.1, 0.15) is 0 Å². The lowest BCUT2D eigenvalue weighted by molar-refractivity contribution is 0.304. The van der Waals surface area contributed by atoms with Gasteiger partial charge in [0.25, 0.3) is 0 Å². The summed E-state index contributed by atoms with van der Waals surface area (Å²) in [5, 5.41) is 9.56. The molecule has 0 aliphatic carbocycles. The van der Waals surface area contributed by atoms with Gasteiger partial charge in [0.15, 0.2) is 0 Å². The topological polar surface area (TPSA) is 65.0 Å². The highest BCUT2D eigenvalue weighted by molar-refractivity contribution is 6.33. The zero-order valence-corrected chi connectivity index (χ0v) is 12.3. The van der Waals surface area contributed by atoms with Gasteiger partial charge in [0.1, 0.15) is 11.6 Å². The second-order valence-corrected chi connectivity index (χ2v) is 5.18. The molecule has 0 saturated heterocycles. The van der Waals surface area contributed by atoms with Gasteiger partial charge in [0.05, 0.1) is 22.7 Å². The smallest absolute Gasteiger partial charge is 0.140 e. The molecule has 3 rings (SSSR count). The van der Waals surface area contributed by atoms with Crippen LogP contribution in [0.3, 0.4) is 0 Å². The first-order chi connectivity index (χ1) is 10.2. The summed E-state index contributed by atoms with van der Waals surface area (Å²) in [7, 11) is 1.87. The number of hydrogen-bond acceptors (Lipinski definition) is 4. The summed E-state index contributed by atoms with van der Waals surface area (Å²) in [5.74, 6) is 1.45. The number of para-hydroxylation sites is 2. The molecule has 3 aromatic rings. The van der Waals surface area contributed by atoms with Gasteiger partial charge in [0, 0.05) is 25.4 Å². The van der Waals surface area contributed by atoms with Gasteiger partial charge < -0.3 is 15.0 Å². The Kier molecular flexibility index (Phi) is 3.77. The molecule has 2 N–H and O–H groups in total. The zero-order chi connectivity index (χ0) is 14.8. The Bertz CT molecular complexity index is 738. The maximum absolute atomic E-state index is 9.02. The first-order valence-electron chi connectivity index (χ1n) is 6.61. The summed E-state index contributed by atoms with van der Waals surface area (Å²) in [6, 6.07) is 9.69. The quantitative estimate of drug-likeness (QED) is 0.778. The predicted octanol–water partition coefficient (Wildman–Crippen LogP) is 2.71. The number of pyridine rings is 1. The molecule has 5 nitrogen and oxygen atoms in total. The van der Waals surface area contributed by atoms with Crippen molar-refractivity contribution in [3.8, 4) is 11.4 Å². The fourth-order valence-electron chi connectivity index (χ4n) is 2.16. The normalized spacial score (nSPS) is 11.0. The minimum absolute atomic E-state index is 0.0702. The molecular weight excluding hydrogens is 288 g/mol. The highest BCUT2D eigenvalue weighted by Crippen LogP contribution is 2.29. The van der Waals surface area contributed by atoms with Gasteiger partial charge in [-0.25, -0.2) is 9.97 Å². The van der Waals surface area contributed by atoms with Crippen LogP contribution < -0.4 is 4.90 Å². The van der Waals surface area contributed by atoms with Crippen molar-refractivity contribution in [1.82, 2.24) is 15.0 Å². The van der Waals surface area contributed by atoms with Gasteiger partial charge in [-0.15, -0.1) is 0 Å². The molecule has 2 heterocycles. The number of H-pyrrole nitrogens is 1. The lowest BCUT2D eigenvalue weighted by Gasteiger charge is -2.17. The van der Waals surface area contributed by atoms with Crippen LogP contribution in [0.5, 0.6) is 0 Å². The van der Waals surface area contributed by atoms with Crippen molar-refractivity contribution >= 4 is 28.5 Å². The number of anilines is 1. The molecule has 1 aromatic carbocycles. The number of rotatable bonds is 4. The Morgan fingerprint density at radius 1 is 1.33 bits per heavy atom. The average Bonchev–Trinajstić information content (AvgIpc) is 2.91. The molecule has 0 bridgehead atoms. The first-order valence-corrected chi connectivity index (χ1v) is 6.99. The number of aromatic nitrogens is 3. The van der Waals surface area contributed by atoms with E-state index in [1.807, 2.05) is 42.3 Å². The number of fused-ring (bicyclic) bond motifs is 1. The SMILES string of the molecule is CN(CCO)c1cc(-c2nc3ccccc3[nH]2)c(Cl)cn1. The Hall–Kier alpha value is -2.11. The van der Waals surface area contributed by atoms with Crippen LogP contribution in [0, 0.1) is 0 Å². The van der Waals surface area contributed by atoms with Crippen molar-refractivity contribution in [2.45, 2.75) is 0 Å². The fourth-order valence-corrected chi connectivity index (χ4v) is 2.36. The monoisotopic (exact) mass is 302 g/mol. The summed E-state index contributed by atoms with van der Waals surface area (Å²) in [6.07, 6.45) is 1.60. The third-order valence-electron chi connectivity index (χ3n) is 3.31. The van der Waals surface area contributed by atoms with Gasteiger partial charge in [-0.05, 0) is 18.2 Å². The Balaban J connectivity index is 2.06. The molecule has 0 aliphatic rings. The first kappa shape index (κ1) is 13.9. The molecular formula is C15H15ClN4O. The molecule has 0 saturated carbocycles. The van der Waals surface area contributed by atoms with Crippen molar-refractivity contribution in [3.63, 3.8) is 0 Å². The van der Waals surface area contributed by atoms with Gasteiger partial charge >= 0.3 is 0 Å². The van der Waals surface area contributed by atoms with E-state index in [1.54, 1.807) is 6.20 Å². The maximum Gasteiger partial charge on any atom is 0.140 e. The second kappa shape index (κ2) is 5.71. The number of nitrogens with zero attached hydrogens (tertiary/aromatic N) is 3. The Morgan fingerprint density at radius 2 is 2.14 bits per heavy atom. The minimum atomic E-state index is 0.0702. The second-order valence-electron chi connectivity index (χ2n) is 4.77. The van der Waals surface area contributed by atoms with E-state index in [2.05, 4.69) is 15.0 Å². The van der Waals surface area contributed by atoms with Gasteiger partial charge in [0.2, 0.25) is 0 Å². The summed E-state index contributed by atoms with van der Waals surface area (Å²) in [6.45, 7) is 0.578. The van der Waals surface area contributed by atoms with E-state index >= 15 is 0 Å². The van der Waals surface area contributed by atoms with E-state index in [-0.39, 0.29) is 6.61 Å². The van der Waals surface area contributed by atoms with Crippen LogP contribution in [0.2, 0.25) is 5.02 Å². The van der Waals surface area contributed by atoms with Crippen molar-refractivity contribution < 1.29 is 5.11 Å². The standard InChI is InChI=1S/C15H15ClN4O/c1-20(6-7-21)14-8-10(11(16)9-17-14)15-18-12-4-2-3-5-13(12)19-15/h2-5,8-9,21H,6-7H2,1H3,(H,18,19). The maximum atomic E-state index is 9.02. The van der Waals surface area contributed by atoms with E-state index in [9.17, 15) is 0 Å². The zero-order valence-electron chi connectivity index (χ0n) is 11.5. The number of hydrogen-bond donors (Lipinski definition) is 2. The van der Waals surface area contributed by atoms with Crippen molar-refractivity contribution in [3.05, 3.63) is 41.6 Å². The summed E-state index contributed by atoms with van der Waals surface area (Å²) < 4.78 is 0. The van der Waals surface area contributed by atoms with E-state index in [0.717, 1.165) is 22.4 Å². The van der Waals surface area contributed by atoms with E-state index in [4.69, 9.17) is 16.7 Å². The minimum Gasteiger partial charge on any atom is -0.395 e. The van der Waals surface area contributed by atoms with E-state index < -0.39 is 0 Å². The number of benzene rings is 1. The third kappa shape index (κ3) is 2.70. The molecule has 0 unspecified atom stereocenters. The lowest BCUT2D eigenvalue weighted by Crippen LogP contribution is -2.22. The summed E-state index contributed by atoms with van der Waals surface area (Å²) in [5.41, 5.74) is 2.65. The lowest BCUT2D eigenvalue weighted by atomic mass is 10.2. The van der Waals surface area contributed by atoms with Gasteiger partial charge in [-0.3, -0.25) is 0 Å². The molecule has 0 fully saturated rings. The van der Waals surface area contributed by atoms with Crippen molar-refractivity contribution in [1.29, 1.82) is 0 Å². The average molecular weight is 303 g/mol. The Morgan fingerprint density at radius 3 is 2.90 bits per heavy atom. The van der Waals surface area contributed by atoms with Gasteiger partial charge in [-0.1, -0.05) is 23.7 Å². The summed E-state index contributed by atoms with van der Waals surface area (Å²) >= 11 is 6.25. The number of aliphatic hydroxyl groups excluding tert-OH is 1. The van der Waals surface area contributed by atoms with Crippen LogP contribution in [0.15, 0.2) is 36.5 Å². The number of imidazole rings is 1. The number of nitrogens with one attached hydrogen (secondary N) is 1. The number of likely N-dealkylation sites (N-methyl/N-ethyl adjacent to an activating group) is 1. The Labute approximate surface area is 127 Å². The molecule has 0 amide bonds.